The summed E-state index contributed by atoms with van der Waals surface area (Å²) in [5.74, 6) is 0.741. The van der Waals surface area contributed by atoms with E-state index in [0.717, 1.165) is 28.3 Å². The smallest absolute Gasteiger partial charge is 0.145 e. The lowest BCUT2D eigenvalue weighted by atomic mass is 10.0. The van der Waals surface area contributed by atoms with Crippen molar-refractivity contribution in [3.05, 3.63) is 95.0 Å². The summed E-state index contributed by atoms with van der Waals surface area (Å²) in [5.41, 5.74) is 4.23. The molecule has 0 fully saturated rings. The van der Waals surface area contributed by atoms with Gasteiger partial charge in [0.2, 0.25) is 0 Å². The predicted molar refractivity (Wildman–Crippen MR) is 141 cm³/mol. The Morgan fingerprint density at radius 1 is 1.06 bits per heavy atom. The zero-order valence-electron chi connectivity index (χ0n) is 20.2. The molecule has 1 aliphatic heterocycles. The molecule has 0 amide bonds. The van der Waals surface area contributed by atoms with E-state index in [4.69, 9.17) is 21.2 Å². The minimum absolute atomic E-state index is 0.0973. The molecule has 6 nitrogen and oxygen atoms in total. The topological polar surface area (TPSA) is 57.5 Å². The number of aliphatic hydroxyl groups excluding tert-OH is 1. The Morgan fingerprint density at radius 2 is 1.83 bits per heavy atom. The SMILES string of the molecule is CN(C)c1ccc(C2=NO[C@@H](CN(Cc3cccc(Cl)c3)C[C@H](O)COc3ccccc3)C2)cc1. The molecule has 0 aliphatic carbocycles. The van der Waals surface area contributed by atoms with Gasteiger partial charge in [0.05, 0.1) is 5.71 Å². The van der Waals surface area contributed by atoms with E-state index in [9.17, 15) is 5.11 Å². The first-order chi connectivity index (χ1) is 17.0. The third kappa shape index (κ3) is 7.46. The number of ether oxygens (including phenoxy) is 1. The molecule has 184 valence electrons. The van der Waals surface area contributed by atoms with Gasteiger partial charge in [-0.25, -0.2) is 0 Å². The highest BCUT2D eigenvalue weighted by Crippen LogP contribution is 2.21. The molecular formula is C28H32ClN3O3. The molecule has 2 atom stereocenters. The second-order valence-corrected chi connectivity index (χ2v) is 9.45. The van der Waals surface area contributed by atoms with Crippen molar-refractivity contribution in [1.82, 2.24) is 4.90 Å². The van der Waals surface area contributed by atoms with Crippen LogP contribution in [0.4, 0.5) is 5.69 Å². The Balaban J connectivity index is 1.37. The highest BCUT2D eigenvalue weighted by molar-refractivity contribution is 6.30. The molecule has 3 aromatic carbocycles. The van der Waals surface area contributed by atoms with Crippen LogP contribution in [0.3, 0.4) is 0 Å². The molecule has 1 heterocycles. The number of hydrogen-bond acceptors (Lipinski definition) is 6. The van der Waals surface area contributed by atoms with Gasteiger partial charge in [-0.05, 0) is 47.5 Å². The van der Waals surface area contributed by atoms with Gasteiger partial charge in [-0.3, -0.25) is 4.90 Å². The van der Waals surface area contributed by atoms with Crippen LogP contribution in [0.1, 0.15) is 17.5 Å². The molecule has 4 rings (SSSR count). The maximum Gasteiger partial charge on any atom is 0.145 e. The monoisotopic (exact) mass is 493 g/mol. The second-order valence-electron chi connectivity index (χ2n) is 9.01. The van der Waals surface area contributed by atoms with Gasteiger partial charge in [-0.2, -0.15) is 0 Å². The highest BCUT2D eigenvalue weighted by Gasteiger charge is 2.26. The molecule has 0 saturated carbocycles. The molecule has 1 aliphatic rings. The molecule has 0 saturated heterocycles. The summed E-state index contributed by atoms with van der Waals surface area (Å²) in [5, 5.41) is 15.8. The number of hydrogen-bond donors (Lipinski definition) is 1. The van der Waals surface area contributed by atoms with Crippen LogP contribution in [-0.4, -0.2) is 61.7 Å². The summed E-state index contributed by atoms with van der Waals surface area (Å²) in [7, 11) is 4.05. The van der Waals surface area contributed by atoms with Crippen molar-refractivity contribution in [2.24, 2.45) is 5.16 Å². The van der Waals surface area contributed by atoms with E-state index in [-0.39, 0.29) is 12.7 Å². The maximum atomic E-state index is 10.7. The third-order valence-corrected chi connectivity index (χ3v) is 6.10. The van der Waals surface area contributed by atoms with E-state index < -0.39 is 6.10 Å². The molecule has 7 heteroatoms. The van der Waals surface area contributed by atoms with E-state index in [1.807, 2.05) is 68.7 Å². The Bertz CT molecular complexity index is 1110. The first-order valence-corrected chi connectivity index (χ1v) is 12.2. The fourth-order valence-electron chi connectivity index (χ4n) is 4.09. The van der Waals surface area contributed by atoms with Crippen LogP contribution in [-0.2, 0) is 11.4 Å². The van der Waals surface area contributed by atoms with Crippen molar-refractivity contribution in [2.75, 3.05) is 38.7 Å². The number of benzene rings is 3. The van der Waals surface area contributed by atoms with Crippen molar-refractivity contribution in [3.63, 3.8) is 0 Å². The number of aliphatic hydroxyl groups is 1. The molecule has 0 unspecified atom stereocenters. The summed E-state index contributed by atoms with van der Waals surface area (Å²) < 4.78 is 5.75. The number of halogens is 1. The van der Waals surface area contributed by atoms with E-state index in [0.29, 0.717) is 31.1 Å². The van der Waals surface area contributed by atoms with E-state index in [2.05, 4.69) is 39.2 Å². The predicted octanol–water partition coefficient (Wildman–Crippen LogP) is 4.84. The van der Waals surface area contributed by atoms with Crippen LogP contribution in [0.5, 0.6) is 5.75 Å². The largest absolute Gasteiger partial charge is 0.491 e. The van der Waals surface area contributed by atoms with Crippen LogP contribution < -0.4 is 9.64 Å². The maximum absolute atomic E-state index is 10.7. The first-order valence-electron chi connectivity index (χ1n) is 11.8. The summed E-state index contributed by atoms with van der Waals surface area (Å²) in [6.45, 7) is 1.90. The van der Waals surface area contributed by atoms with Crippen LogP contribution in [0, 0.1) is 0 Å². The van der Waals surface area contributed by atoms with Crippen molar-refractivity contribution in [1.29, 1.82) is 0 Å². The van der Waals surface area contributed by atoms with Gasteiger partial charge in [0.15, 0.2) is 0 Å². The van der Waals surface area contributed by atoms with Crippen LogP contribution in [0.25, 0.3) is 0 Å². The van der Waals surface area contributed by atoms with Crippen molar-refractivity contribution in [2.45, 2.75) is 25.2 Å². The van der Waals surface area contributed by atoms with Gasteiger partial charge in [-0.15, -0.1) is 0 Å². The molecule has 0 radical (unpaired) electrons. The average molecular weight is 494 g/mol. The lowest BCUT2D eigenvalue weighted by Gasteiger charge is -2.27. The summed E-state index contributed by atoms with van der Waals surface area (Å²) in [6.07, 6.45) is -0.0426. The average Bonchev–Trinajstić information content (AvgIpc) is 3.32. The third-order valence-electron chi connectivity index (χ3n) is 5.86. The molecule has 35 heavy (non-hydrogen) atoms. The van der Waals surface area contributed by atoms with Gasteiger partial charge in [0.25, 0.3) is 0 Å². The number of para-hydroxylation sites is 1. The normalized spacial score (nSPS) is 16.0. The highest BCUT2D eigenvalue weighted by atomic mass is 35.5. The van der Waals surface area contributed by atoms with Crippen molar-refractivity contribution < 1.29 is 14.7 Å². The number of anilines is 1. The fraction of sp³-hybridized carbons (Fsp3) is 0.321. The van der Waals surface area contributed by atoms with Gasteiger partial charge in [0.1, 0.15) is 24.6 Å². The molecule has 0 spiro atoms. The Kier molecular flexibility index (Phi) is 8.64. The fourth-order valence-corrected chi connectivity index (χ4v) is 4.31. The standard InChI is InChI=1S/C28H32ClN3O3/c1-31(2)24-13-11-22(12-14-24)28-16-27(35-30-28)19-32(17-21-7-6-8-23(29)15-21)18-25(33)20-34-26-9-4-3-5-10-26/h3-15,25,27,33H,16-20H2,1-2H3/t25-,27+/m0/s1. The van der Waals surface area contributed by atoms with Crippen LogP contribution in [0.15, 0.2) is 84.0 Å². The Morgan fingerprint density at radius 3 is 2.54 bits per heavy atom. The zero-order chi connectivity index (χ0) is 24.6. The quantitative estimate of drug-likeness (QED) is 0.414. The minimum Gasteiger partial charge on any atom is -0.491 e. The van der Waals surface area contributed by atoms with Crippen LogP contribution >= 0.6 is 11.6 Å². The number of nitrogens with zero attached hydrogens (tertiary/aromatic N) is 3. The summed E-state index contributed by atoms with van der Waals surface area (Å²) >= 11 is 6.21. The first kappa shape index (κ1) is 25.0. The number of rotatable bonds is 11. The number of oxime groups is 1. The molecule has 0 aromatic heterocycles. The van der Waals surface area contributed by atoms with Crippen LogP contribution in [0.2, 0.25) is 5.02 Å². The van der Waals surface area contributed by atoms with E-state index in [1.54, 1.807) is 0 Å². The summed E-state index contributed by atoms with van der Waals surface area (Å²) in [4.78, 5) is 10.0. The van der Waals surface area contributed by atoms with Gasteiger partial charge in [0, 0.05) is 50.9 Å². The molecular weight excluding hydrogens is 462 g/mol. The van der Waals surface area contributed by atoms with E-state index in [1.165, 1.54) is 0 Å². The van der Waals surface area contributed by atoms with E-state index >= 15 is 0 Å². The van der Waals surface area contributed by atoms with Gasteiger partial charge in [-0.1, -0.05) is 59.2 Å². The Hall–Kier alpha value is -3.06. The van der Waals surface area contributed by atoms with Gasteiger partial charge < -0.3 is 19.6 Å². The van der Waals surface area contributed by atoms with Crippen molar-refractivity contribution >= 4 is 23.0 Å². The molecule has 3 aromatic rings. The second kappa shape index (κ2) is 12.1. The summed E-state index contributed by atoms with van der Waals surface area (Å²) in [6, 6.07) is 25.6. The molecule has 0 bridgehead atoms. The van der Waals surface area contributed by atoms with Gasteiger partial charge >= 0.3 is 0 Å². The molecule has 1 N–H and O–H groups in total. The lowest BCUT2D eigenvalue weighted by Crippen LogP contribution is -2.39. The Labute approximate surface area is 212 Å². The van der Waals surface area contributed by atoms with Crippen molar-refractivity contribution in [3.8, 4) is 5.75 Å². The zero-order valence-corrected chi connectivity index (χ0v) is 20.9. The minimum atomic E-state index is -0.658. The lowest BCUT2D eigenvalue weighted by molar-refractivity contribution is 0.0213.